The van der Waals surface area contributed by atoms with E-state index in [0.717, 1.165) is 28.6 Å². The minimum atomic E-state index is -4.15. The van der Waals surface area contributed by atoms with E-state index in [1.807, 2.05) is 85.8 Å². The lowest BCUT2D eigenvalue weighted by atomic mass is 9.91. The number of urea groups is 1. The van der Waals surface area contributed by atoms with Crippen LogP contribution in [0.15, 0.2) is 103 Å². The average Bonchev–Trinajstić information content (AvgIpc) is 3.56. The number of nitrogens with one attached hydrogen (secondary N) is 2. The second kappa shape index (κ2) is 18.8. The van der Waals surface area contributed by atoms with Crippen LogP contribution in [-0.4, -0.2) is 90.4 Å². The van der Waals surface area contributed by atoms with E-state index in [4.69, 9.17) is 15.2 Å². The van der Waals surface area contributed by atoms with Crippen LogP contribution in [0.4, 0.5) is 10.6 Å². The molecule has 57 heavy (non-hydrogen) atoms. The number of ether oxygens (including phenoxy) is 2. The van der Waals surface area contributed by atoms with Crippen molar-refractivity contribution in [1.82, 2.24) is 25.1 Å². The number of aromatic nitrogens is 2. The normalized spacial score (nSPS) is 20.2. The zero-order valence-corrected chi connectivity index (χ0v) is 33.0. The van der Waals surface area contributed by atoms with Crippen molar-refractivity contribution in [3.63, 3.8) is 0 Å². The molecule has 2 heterocycles. The lowest BCUT2D eigenvalue weighted by Gasteiger charge is -2.36. The van der Waals surface area contributed by atoms with Crippen molar-refractivity contribution in [2.24, 2.45) is 0 Å². The Morgan fingerprint density at radius 3 is 2.05 bits per heavy atom. The number of hydrogen-bond acceptors (Lipinski definition) is 9. The molecular formula is C42H51N6O8P. The van der Waals surface area contributed by atoms with Gasteiger partial charge < -0.3 is 40.1 Å². The van der Waals surface area contributed by atoms with Crippen LogP contribution in [0.5, 0.6) is 5.75 Å². The number of unbranched alkanes of at least 4 members (excludes halogenated alkanes) is 1. The molecular weight excluding hydrogens is 747 g/mol. The number of fused-ring (bicyclic) bond motifs is 1. The lowest BCUT2D eigenvalue weighted by Crippen LogP contribution is -2.50. The highest BCUT2D eigenvalue weighted by atomic mass is 31.2. The summed E-state index contributed by atoms with van der Waals surface area (Å²) in [6.45, 7) is 3.75. The first-order valence-electron chi connectivity index (χ1n) is 19.1. The summed E-state index contributed by atoms with van der Waals surface area (Å²) >= 11 is 0. The van der Waals surface area contributed by atoms with Gasteiger partial charge in [-0.05, 0) is 72.7 Å². The third-order valence-corrected chi connectivity index (χ3v) is 11.4. The van der Waals surface area contributed by atoms with Crippen molar-refractivity contribution >= 4 is 36.2 Å². The number of aliphatic hydroxyl groups is 2. The first-order valence-corrected chi connectivity index (χ1v) is 21.0. The van der Waals surface area contributed by atoms with Gasteiger partial charge >= 0.3 is 19.5 Å². The minimum Gasteiger partial charge on any atom is -0.482 e. The highest BCUT2D eigenvalue weighted by molar-refractivity contribution is 7.55. The van der Waals surface area contributed by atoms with E-state index in [1.54, 1.807) is 34.1 Å². The third kappa shape index (κ3) is 10.6. The van der Waals surface area contributed by atoms with Gasteiger partial charge in [0.15, 0.2) is 12.2 Å². The molecule has 1 unspecified atom stereocenters. The number of nitrogen functional groups attached to an aromatic ring is 1. The van der Waals surface area contributed by atoms with Crippen LogP contribution < -0.4 is 15.6 Å². The lowest BCUT2D eigenvalue weighted by molar-refractivity contribution is -0.145. The highest BCUT2D eigenvalue weighted by Gasteiger charge is 2.46. The Morgan fingerprint density at radius 2 is 1.46 bits per heavy atom. The Kier molecular flexibility index (Phi) is 13.7. The summed E-state index contributed by atoms with van der Waals surface area (Å²) < 4.78 is 23.9. The van der Waals surface area contributed by atoms with Gasteiger partial charge in [-0.3, -0.25) is 14.5 Å². The van der Waals surface area contributed by atoms with Crippen LogP contribution in [0.2, 0.25) is 0 Å². The number of carbonyl (C=O) groups is 2. The minimum absolute atomic E-state index is 0.00918. The highest BCUT2D eigenvalue weighted by Crippen LogP contribution is 2.37. The van der Waals surface area contributed by atoms with Gasteiger partial charge in [-0.15, -0.1) is 0 Å². The van der Waals surface area contributed by atoms with Crippen molar-refractivity contribution in [3.8, 4) is 5.75 Å². The summed E-state index contributed by atoms with van der Waals surface area (Å²) in [6, 6.07) is 28.3. The smallest absolute Gasteiger partial charge is 0.323 e. The molecule has 1 aliphatic rings. The first kappa shape index (κ1) is 41.4. The van der Waals surface area contributed by atoms with Crippen LogP contribution in [-0.2, 0) is 40.0 Å². The molecule has 15 heteroatoms. The quantitative estimate of drug-likeness (QED) is 0.0401. The van der Waals surface area contributed by atoms with Gasteiger partial charge in [0, 0.05) is 18.5 Å². The van der Waals surface area contributed by atoms with Gasteiger partial charge in [0.05, 0.1) is 24.2 Å². The molecule has 0 radical (unpaired) electrons. The molecule has 0 saturated carbocycles. The SMILES string of the molecule is CCCCOC(=O)[C@H](C)NP(=O)(O)COc1cccc(CN2C(=O)N(Cc3ccc4[nH]nc(N)c4c3)[C@H](Cc3ccccc3)[C@H](O)[C@@H](O)[C@H]2Cc2ccccc2)c1. The fraction of sp³-hybridized carbons (Fsp3) is 0.357. The van der Waals surface area contributed by atoms with E-state index < -0.39 is 56.2 Å². The standard InChI is InChI=1S/C42H51N6O8P/c1-3-4-20-55-41(51)28(2)46-57(53,54)27-56-33-17-11-16-31(21-33)25-47-36(23-29-12-7-5-8-13-29)38(49)39(50)37(24-30-14-9-6-10-15-30)48(42(47)52)26-32-18-19-35-34(22-32)40(43)45-44-35/h5-19,21-22,28,36-39,49-50H,3-4,20,23-27H2,1-2H3,(H3,43,44,45)(H2,46,53,54)/t28-,36+,37+,38-,39-/m0/s1. The third-order valence-electron chi connectivity index (χ3n) is 10.2. The second-order valence-corrected chi connectivity index (χ2v) is 16.4. The Hall–Kier alpha value is -5.24. The topological polar surface area (TPSA) is 204 Å². The summed E-state index contributed by atoms with van der Waals surface area (Å²) in [6.07, 6.45) is -1.25. The zero-order chi connectivity index (χ0) is 40.5. The summed E-state index contributed by atoms with van der Waals surface area (Å²) in [5.41, 5.74) is 10.0. The van der Waals surface area contributed by atoms with E-state index in [-0.39, 0.29) is 38.3 Å². The van der Waals surface area contributed by atoms with Crippen molar-refractivity contribution in [2.75, 3.05) is 18.7 Å². The molecule has 1 fully saturated rings. The van der Waals surface area contributed by atoms with E-state index in [0.29, 0.717) is 23.2 Å². The molecule has 5 aromatic rings. The maximum absolute atomic E-state index is 15.1. The molecule has 14 nitrogen and oxygen atoms in total. The van der Waals surface area contributed by atoms with Crippen molar-refractivity contribution in [2.45, 2.75) is 83.0 Å². The maximum Gasteiger partial charge on any atom is 0.323 e. The number of hydrogen-bond donors (Lipinski definition) is 6. The van der Waals surface area contributed by atoms with Crippen LogP contribution in [0, 0.1) is 0 Å². The zero-order valence-electron chi connectivity index (χ0n) is 32.1. The fourth-order valence-corrected chi connectivity index (χ4v) is 8.23. The molecule has 6 atom stereocenters. The summed E-state index contributed by atoms with van der Waals surface area (Å²) in [4.78, 5) is 41.3. The van der Waals surface area contributed by atoms with Crippen LogP contribution in [0.1, 0.15) is 48.9 Å². The number of H-pyrrole nitrogens is 1. The molecule has 0 bridgehead atoms. The van der Waals surface area contributed by atoms with Crippen LogP contribution in [0.25, 0.3) is 10.9 Å². The molecule has 0 aliphatic carbocycles. The number of amides is 2. The molecule has 4 aromatic carbocycles. The first-order chi connectivity index (χ1) is 27.4. The van der Waals surface area contributed by atoms with Crippen LogP contribution in [0.3, 0.4) is 0 Å². The van der Waals surface area contributed by atoms with Gasteiger partial charge in [-0.1, -0.05) is 92.2 Å². The molecule has 1 aromatic heterocycles. The Labute approximate surface area is 332 Å². The number of nitrogens with two attached hydrogens (primary N) is 1. The molecule has 2 amide bonds. The average molecular weight is 799 g/mol. The number of nitrogens with zero attached hydrogens (tertiary/aromatic N) is 3. The number of aromatic amines is 1. The Balaban J connectivity index is 1.30. The van der Waals surface area contributed by atoms with E-state index in [1.165, 1.54) is 6.92 Å². The van der Waals surface area contributed by atoms with E-state index >= 15 is 4.79 Å². The molecule has 1 saturated heterocycles. The molecule has 302 valence electrons. The molecule has 0 spiro atoms. The predicted octanol–water partition coefficient (Wildman–Crippen LogP) is 5.37. The Morgan fingerprint density at radius 1 is 0.877 bits per heavy atom. The number of rotatable bonds is 17. The van der Waals surface area contributed by atoms with E-state index in [2.05, 4.69) is 15.3 Å². The fourth-order valence-electron chi connectivity index (χ4n) is 7.12. The number of aliphatic hydroxyl groups excluding tert-OH is 2. The van der Waals surface area contributed by atoms with Gasteiger partial charge in [-0.25, -0.2) is 9.88 Å². The molecule has 7 N–H and O–H groups in total. The number of benzene rings is 4. The van der Waals surface area contributed by atoms with Gasteiger partial charge in [0.25, 0.3) is 0 Å². The molecule has 6 rings (SSSR count). The summed E-state index contributed by atoms with van der Waals surface area (Å²) in [5.74, 6) is -0.0517. The largest absolute Gasteiger partial charge is 0.482 e. The number of anilines is 1. The second-order valence-electron chi connectivity index (χ2n) is 14.5. The molecule has 1 aliphatic heterocycles. The number of carbonyl (C=O) groups excluding carboxylic acids is 2. The van der Waals surface area contributed by atoms with Crippen molar-refractivity contribution < 1.29 is 38.7 Å². The summed E-state index contributed by atoms with van der Waals surface area (Å²) in [7, 11) is -4.15. The van der Waals surface area contributed by atoms with E-state index in [9.17, 15) is 24.5 Å². The Bertz CT molecular complexity index is 2150. The predicted molar refractivity (Wildman–Crippen MR) is 217 cm³/mol. The van der Waals surface area contributed by atoms with Crippen LogP contribution >= 0.6 is 7.52 Å². The van der Waals surface area contributed by atoms with Crippen molar-refractivity contribution in [3.05, 3.63) is 125 Å². The van der Waals surface area contributed by atoms with Gasteiger partial charge in [0.2, 0.25) is 0 Å². The van der Waals surface area contributed by atoms with Gasteiger partial charge in [-0.2, -0.15) is 5.10 Å². The number of esters is 1. The monoisotopic (exact) mass is 798 g/mol. The van der Waals surface area contributed by atoms with Gasteiger partial charge in [0.1, 0.15) is 24.0 Å². The maximum atomic E-state index is 15.1. The summed E-state index contributed by atoms with van der Waals surface area (Å²) in [5, 5.41) is 34.3. The van der Waals surface area contributed by atoms with Crippen molar-refractivity contribution in [1.29, 1.82) is 0 Å².